The molecule has 2 fully saturated rings. The maximum atomic E-state index is 13.4. The van der Waals surface area contributed by atoms with E-state index < -0.39 is 5.54 Å². The van der Waals surface area contributed by atoms with Crippen molar-refractivity contribution in [2.75, 3.05) is 33.2 Å². The summed E-state index contributed by atoms with van der Waals surface area (Å²) < 4.78 is 0. The summed E-state index contributed by atoms with van der Waals surface area (Å²) in [5.41, 5.74) is 0.478. The molecular formula is C19H24N4O2S2. The molecule has 2 aliphatic heterocycles. The third-order valence-electron chi connectivity index (χ3n) is 5.75. The standard InChI is InChI=1S/C19H24N4O2S2/c1-14-20-15(13-27-14)12-23-10-9-21(2)19(18(23)25)5-7-22(8-6-19)17(24)16-4-3-11-26-16/h3-4,11,13H,5-10,12H2,1-2H3. The topological polar surface area (TPSA) is 56.8 Å². The van der Waals surface area contributed by atoms with Crippen LogP contribution in [0.4, 0.5) is 0 Å². The molecule has 6 nitrogen and oxygen atoms in total. The number of nitrogens with zero attached hydrogens (tertiary/aromatic N) is 4. The van der Waals surface area contributed by atoms with E-state index in [9.17, 15) is 9.59 Å². The predicted molar refractivity (Wildman–Crippen MR) is 107 cm³/mol. The Hall–Kier alpha value is -1.77. The van der Waals surface area contributed by atoms with Gasteiger partial charge in [-0.2, -0.15) is 0 Å². The maximum Gasteiger partial charge on any atom is 0.263 e. The average molecular weight is 405 g/mol. The lowest BCUT2D eigenvalue weighted by molar-refractivity contribution is -0.154. The minimum absolute atomic E-state index is 0.0839. The van der Waals surface area contributed by atoms with Crippen LogP contribution >= 0.6 is 22.7 Å². The summed E-state index contributed by atoms with van der Waals surface area (Å²) in [7, 11) is 2.04. The van der Waals surface area contributed by atoms with Crippen LogP contribution in [0.25, 0.3) is 0 Å². The second-order valence-electron chi connectivity index (χ2n) is 7.31. The number of aromatic nitrogens is 1. The smallest absolute Gasteiger partial charge is 0.263 e. The van der Waals surface area contributed by atoms with Crippen LogP contribution in [-0.4, -0.2) is 70.3 Å². The summed E-state index contributed by atoms with van der Waals surface area (Å²) in [4.78, 5) is 37.3. The van der Waals surface area contributed by atoms with Crippen molar-refractivity contribution in [3.63, 3.8) is 0 Å². The number of likely N-dealkylation sites (N-methyl/N-ethyl adjacent to an activating group) is 1. The highest BCUT2D eigenvalue weighted by Gasteiger charge is 2.49. The van der Waals surface area contributed by atoms with Crippen LogP contribution < -0.4 is 0 Å². The molecule has 2 aromatic heterocycles. The van der Waals surface area contributed by atoms with Gasteiger partial charge in [-0.25, -0.2) is 4.98 Å². The number of hydrogen-bond acceptors (Lipinski definition) is 6. The number of carbonyl (C=O) groups is 2. The van der Waals surface area contributed by atoms with Gasteiger partial charge in [-0.15, -0.1) is 22.7 Å². The molecule has 0 radical (unpaired) electrons. The lowest BCUT2D eigenvalue weighted by Crippen LogP contribution is -2.67. The van der Waals surface area contributed by atoms with E-state index in [4.69, 9.17) is 0 Å². The largest absolute Gasteiger partial charge is 0.338 e. The molecule has 0 aliphatic carbocycles. The molecule has 8 heteroatoms. The molecule has 0 unspecified atom stereocenters. The van der Waals surface area contributed by atoms with Crippen LogP contribution in [-0.2, 0) is 11.3 Å². The number of likely N-dealkylation sites (tertiary alicyclic amines) is 1. The lowest BCUT2D eigenvalue weighted by atomic mass is 9.82. The van der Waals surface area contributed by atoms with Gasteiger partial charge in [-0.3, -0.25) is 14.5 Å². The SMILES string of the molecule is Cc1nc(CN2CCN(C)C3(CCN(C(=O)c4cccs4)CC3)C2=O)cs1. The molecule has 2 aromatic rings. The molecule has 0 atom stereocenters. The highest BCUT2D eigenvalue weighted by Crippen LogP contribution is 2.34. The van der Waals surface area contributed by atoms with Crippen LogP contribution in [0.1, 0.15) is 33.2 Å². The zero-order valence-electron chi connectivity index (χ0n) is 15.7. The molecule has 2 aliphatic rings. The second-order valence-corrected chi connectivity index (χ2v) is 9.32. The van der Waals surface area contributed by atoms with E-state index in [1.807, 2.05) is 46.7 Å². The van der Waals surface area contributed by atoms with Crippen molar-refractivity contribution in [3.05, 3.63) is 38.5 Å². The first-order valence-corrected chi connectivity index (χ1v) is 11.0. The molecule has 4 rings (SSSR count). The summed E-state index contributed by atoms with van der Waals surface area (Å²) in [5.74, 6) is 0.269. The van der Waals surface area contributed by atoms with Crippen molar-refractivity contribution < 1.29 is 9.59 Å². The molecular weight excluding hydrogens is 380 g/mol. The van der Waals surface area contributed by atoms with Crippen molar-refractivity contribution in [1.82, 2.24) is 19.7 Å². The molecule has 0 bridgehead atoms. The Balaban J connectivity index is 1.46. The van der Waals surface area contributed by atoms with Gasteiger partial charge >= 0.3 is 0 Å². The molecule has 0 N–H and O–H groups in total. The van der Waals surface area contributed by atoms with Gasteiger partial charge < -0.3 is 9.80 Å². The van der Waals surface area contributed by atoms with Gasteiger partial charge in [-0.05, 0) is 38.3 Å². The normalized spacial score (nSPS) is 20.4. The van der Waals surface area contributed by atoms with Crippen molar-refractivity contribution in [2.45, 2.75) is 31.8 Å². The van der Waals surface area contributed by atoms with E-state index in [2.05, 4.69) is 9.88 Å². The Bertz CT molecular complexity index is 825. The van der Waals surface area contributed by atoms with E-state index in [1.54, 1.807) is 11.3 Å². The number of carbonyl (C=O) groups excluding carboxylic acids is 2. The Morgan fingerprint density at radius 3 is 2.63 bits per heavy atom. The molecule has 4 heterocycles. The van der Waals surface area contributed by atoms with Gasteiger partial charge in [0.15, 0.2) is 0 Å². The minimum Gasteiger partial charge on any atom is -0.338 e. The van der Waals surface area contributed by atoms with Gasteiger partial charge in [-0.1, -0.05) is 6.07 Å². The van der Waals surface area contributed by atoms with E-state index in [-0.39, 0.29) is 11.8 Å². The average Bonchev–Trinajstić information content (AvgIpc) is 3.34. The van der Waals surface area contributed by atoms with Crippen molar-refractivity contribution in [2.24, 2.45) is 0 Å². The molecule has 2 saturated heterocycles. The van der Waals surface area contributed by atoms with Crippen LogP contribution in [0.5, 0.6) is 0 Å². The Morgan fingerprint density at radius 1 is 1.22 bits per heavy atom. The van der Waals surface area contributed by atoms with Crippen LogP contribution in [0.3, 0.4) is 0 Å². The Kier molecular flexibility index (Phi) is 5.05. The van der Waals surface area contributed by atoms with E-state index in [0.29, 0.717) is 32.5 Å². The first-order chi connectivity index (χ1) is 13.0. The van der Waals surface area contributed by atoms with Gasteiger partial charge in [0.2, 0.25) is 5.91 Å². The molecule has 0 saturated carbocycles. The summed E-state index contributed by atoms with van der Waals surface area (Å²) in [6, 6.07) is 3.77. The number of hydrogen-bond donors (Lipinski definition) is 0. The van der Waals surface area contributed by atoms with Crippen LogP contribution in [0.15, 0.2) is 22.9 Å². The molecule has 1 spiro atoms. The lowest BCUT2D eigenvalue weighted by Gasteiger charge is -2.51. The third kappa shape index (κ3) is 3.41. The first kappa shape index (κ1) is 18.6. The van der Waals surface area contributed by atoms with Gasteiger partial charge in [0.25, 0.3) is 5.91 Å². The maximum absolute atomic E-state index is 13.4. The molecule has 0 aromatic carbocycles. The zero-order valence-corrected chi connectivity index (χ0v) is 17.3. The zero-order chi connectivity index (χ0) is 19.0. The van der Waals surface area contributed by atoms with Crippen molar-refractivity contribution in [3.8, 4) is 0 Å². The number of thiophene rings is 1. The molecule has 2 amide bonds. The summed E-state index contributed by atoms with van der Waals surface area (Å²) in [6.45, 7) is 5.39. The van der Waals surface area contributed by atoms with Gasteiger partial charge in [0.05, 0.1) is 22.1 Å². The predicted octanol–water partition coefficient (Wildman–Crippen LogP) is 2.46. The Labute approximate surface area is 167 Å². The fraction of sp³-hybridized carbons (Fsp3) is 0.526. The van der Waals surface area contributed by atoms with Gasteiger partial charge in [0, 0.05) is 31.6 Å². The van der Waals surface area contributed by atoms with Crippen LogP contribution in [0, 0.1) is 6.92 Å². The fourth-order valence-electron chi connectivity index (χ4n) is 4.10. The summed E-state index contributed by atoms with van der Waals surface area (Å²) in [6.07, 6.45) is 1.37. The van der Waals surface area contributed by atoms with E-state index in [1.165, 1.54) is 11.3 Å². The summed E-state index contributed by atoms with van der Waals surface area (Å²) in [5, 5.41) is 4.99. The summed E-state index contributed by atoms with van der Waals surface area (Å²) >= 11 is 3.10. The van der Waals surface area contributed by atoms with Crippen LogP contribution in [0.2, 0.25) is 0 Å². The first-order valence-electron chi connectivity index (χ1n) is 9.24. The second kappa shape index (κ2) is 7.33. The minimum atomic E-state index is -0.491. The van der Waals surface area contributed by atoms with Gasteiger partial charge in [0.1, 0.15) is 5.54 Å². The molecule has 144 valence electrons. The Morgan fingerprint density at radius 2 is 2.00 bits per heavy atom. The molecule has 27 heavy (non-hydrogen) atoms. The quantitative estimate of drug-likeness (QED) is 0.789. The van der Waals surface area contributed by atoms with Crippen molar-refractivity contribution >= 4 is 34.5 Å². The number of piperidine rings is 1. The highest BCUT2D eigenvalue weighted by molar-refractivity contribution is 7.12. The monoisotopic (exact) mass is 404 g/mol. The van der Waals surface area contributed by atoms with E-state index in [0.717, 1.165) is 28.7 Å². The number of thiazole rings is 1. The number of amides is 2. The number of aryl methyl sites for hydroxylation is 1. The number of piperazine rings is 1. The fourth-order valence-corrected chi connectivity index (χ4v) is 5.40. The highest BCUT2D eigenvalue weighted by atomic mass is 32.1. The van der Waals surface area contributed by atoms with Crippen molar-refractivity contribution in [1.29, 1.82) is 0 Å². The number of rotatable bonds is 3. The third-order valence-corrected chi connectivity index (χ3v) is 7.43. The van der Waals surface area contributed by atoms with E-state index >= 15 is 0 Å².